The number of Topliss-reactive ketones (excluding diaryl/α,β-unsaturated/α-hetero) is 1. The summed E-state index contributed by atoms with van der Waals surface area (Å²) in [6.07, 6.45) is 2.90. The van der Waals surface area contributed by atoms with Crippen LogP contribution < -0.4 is 10.1 Å². The molecule has 1 aliphatic heterocycles. The lowest BCUT2D eigenvalue weighted by Crippen LogP contribution is -2.22. The van der Waals surface area contributed by atoms with E-state index < -0.39 is 0 Å². The fourth-order valence-electron chi connectivity index (χ4n) is 4.48. The predicted octanol–water partition coefficient (Wildman–Crippen LogP) is 5.09. The molecule has 3 aromatic heterocycles. The minimum atomic E-state index is -0.0502. The highest BCUT2D eigenvalue weighted by Gasteiger charge is 2.28. The molecular formula is C27H32N6O3. The zero-order chi connectivity index (χ0) is 25.4. The third-order valence-electron chi connectivity index (χ3n) is 6.30. The normalized spacial score (nSPS) is 16.0. The van der Waals surface area contributed by atoms with E-state index in [2.05, 4.69) is 41.8 Å². The molecule has 1 aromatic carbocycles. The largest absolute Gasteiger partial charge is 0.457 e. The summed E-state index contributed by atoms with van der Waals surface area (Å²) in [6.45, 7) is 9.60. The molecule has 0 unspecified atom stereocenters. The number of aromatic nitrogens is 5. The van der Waals surface area contributed by atoms with Gasteiger partial charge in [0.1, 0.15) is 17.3 Å². The molecule has 1 N–H and O–H groups in total. The van der Waals surface area contributed by atoms with Crippen molar-refractivity contribution < 1.29 is 14.3 Å². The average Bonchev–Trinajstić information content (AvgIpc) is 3.54. The van der Waals surface area contributed by atoms with Crippen LogP contribution in [0.15, 0.2) is 42.6 Å². The minimum Gasteiger partial charge on any atom is -0.457 e. The molecule has 4 aromatic rings. The average molecular weight is 489 g/mol. The summed E-state index contributed by atoms with van der Waals surface area (Å²) in [6, 6.07) is 11.7. The predicted molar refractivity (Wildman–Crippen MR) is 138 cm³/mol. The first-order valence-corrected chi connectivity index (χ1v) is 12.2. The molecule has 1 saturated heterocycles. The maximum Gasteiger partial charge on any atom is 0.209 e. The SMILES string of the molecule is CC(=O)Cc1cc(Oc2ccc3nc(Nc4cc(C(C)(C)C)n([C@@H]5CCOC5)n4)n(C)c3c2)ccn1. The highest BCUT2D eigenvalue weighted by Crippen LogP contribution is 2.32. The van der Waals surface area contributed by atoms with Crippen molar-refractivity contribution in [2.75, 3.05) is 18.5 Å². The molecule has 0 saturated carbocycles. The van der Waals surface area contributed by atoms with Crippen LogP contribution in [-0.4, -0.2) is 43.3 Å². The van der Waals surface area contributed by atoms with Crippen LogP contribution in [0, 0.1) is 0 Å². The van der Waals surface area contributed by atoms with Crippen LogP contribution in [0.3, 0.4) is 0 Å². The number of ether oxygens (including phenoxy) is 2. The van der Waals surface area contributed by atoms with E-state index in [1.807, 2.05) is 29.8 Å². The highest BCUT2D eigenvalue weighted by molar-refractivity contribution is 5.81. The fourth-order valence-corrected chi connectivity index (χ4v) is 4.48. The lowest BCUT2D eigenvalue weighted by atomic mass is 9.91. The Labute approximate surface area is 210 Å². The monoisotopic (exact) mass is 488 g/mol. The molecule has 0 bridgehead atoms. The number of ketones is 1. The van der Waals surface area contributed by atoms with Crippen molar-refractivity contribution in [3.63, 3.8) is 0 Å². The van der Waals surface area contributed by atoms with Gasteiger partial charge in [0.15, 0.2) is 5.82 Å². The third kappa shape index (κ3) is 4.97. The Morgan fingerprint density at radius 2 is 2.00 bits per heavy atom. The van der Waals surface area contributed by atoms with Gasteiger partial charge in [0.2, 0.25) is 5.95 Å². The van der Waals surface area contributed by atoms with Gasteiger partial charge in [0.05, 0.1) is 29.4 Å². The molecule has 188 valence electrons. The maximum atomic E-state index is 11.4. The van der Waals surface area contributed by atoms with Crippen molar-refractivity contribution in [2.45, 2.75) is 52.0 Å². The first-order chi connectivity index (χ1) is 17.2. The van der Waals surface area contributed by atoms with E-state index in [1.54, 1.807) is 25.3 Å². The molecule has 1 aliphatic rings. The summed E-state index contributed by atoms with van der Waals surface area (Å²) in [5.74, 6) is 2.83. The number of carbonyl (C=O) groups is 1. The standard InChI is InChI=1S/C27H32N6O3/c1-17(34)12-18-13-21(8-10-28-18)36-20-6-7-22-23(14-20)32(5)26(29-22)30-25-15-24(27(2,3)4)33(31-25)19-9-11-35-16-19/h6-8,10,13-15,19H,9,11-12,16H2,1-5H3,(H,29,30,31)/t19-/m1/s1. The number of carbonyl (C=O) groups excluding carboxylic acids is 1. The number of benzene rings is 1. The quantitative estimate of drug-likeness (QED) is 0.387. The van der Waals surface area contributed by atoms with Crippen LogP contribution in [0.4, 0.5) is 11.8 Å². The van der Waals surface area contributed by atoms with Gasteiger partial charge in [-0.15, -0.1) is 0 Å². The molecule has 5 rings (SSSR count). The van der Waals surface area contributed by atoms with E-state index in [0.29, 0.717) is 29.7 Å². The van der Waals surface area contributed by atoms with E-state index >= 15 is 0 Å². The molecule has 0 aliphatic carbocycles. The number of imidazole rings is 1. The molecule has 1 fully saturated rings. The summed E-state index contributed by atoms with van der Waals surface area (Å²) in [4.78, 5) is 20.4. The number of nitrogens with one attached hydrogen (secondary N) is 1. The van der Waals surface area contributed by atoms with Gasteiger partial charge in [-0.3, -0.25) is 14.5 Å². The molecule has 0 spiro atoms. The Bertz CT molecular complexity index is 1410. The van der Waals surface area contributed by atoms with Crippen LogP contribution in [0.5, 0.6) is 11.5 Å². The van der Waals surface area contributed by atoms with Crippen LogP contribution in [-0.2, 0) is 28.4 Å². The number of hydrogen-bond donors (Lipinski definition) is 1. The van der Waals surface area contributed by atoms with Gasteiger partial charge < -0.3 is 19.4 Å². The van der Waals surface area contributed by atoms with Crippen molar-refractivity contribution in [3.05, 3.63) is 54.0 Å². The number of fused-ring (bicyclic) bond motifs is 1. The Morgan fingerprint density at radius 1 is 1.19 bits per heavy atom. The number of pyridine rings is 1. The number of aryl methyl sites for hydroxylation is 1. The van der Waals surface area contributed by atoms with Crippen molar-refractivity contribution >= 4 is 28.6 Å². The first-order valence-electron chi connectivity index (χ1n) is 12.2. The number of rotatable bonds is 7. The van der Waals surface area contributed by atoms with Gasteiger partial charge in [0.25, 0.3) is 0 Å². The van der Waals surface area contributed by atoms with Crippen LogP contribution in [0.25, 0.3) is 11.0 Å². The molecular weight excluding hydrogens is 456 g/mol. The maximum absolute atomic E-state index is 11.4. The highest BCUT2D eigenvalue weighted by atomic mass is 16.5. The summed E-state index contributed by atoms with van der Waals surface area (Å²) < 4.78 is 15.8. The van der Waals surface area contributed by atoms with Gasteiger partial charge in [-0.25, -0.2) is 4.98 Å². The lowest BCUT2D eigenvalue weighted by molar-refractivity contribution is -0.116. The zero-order valence-electron chi connectivity index (χ0n) is 21.4. The zero-order valence-corrected chi connectivity index (χ0v) is 21.4. The van der Waals surface area contributed by atoms with Gasteiger partial charge in [-0.1, -0.05) is 20.8 Å². The summed E-state index contributed by atoms with van der Waals surface area (Å²) >= 11 is 0. The van der Waals surface area contributed by atoms with E-state index in [4.69, 9.17) is 19.6 Å². The van der Waals surface area contributed by atoms with Crippen LogP contribution in [0.1, 0.15) is 51.5 Å². The Morgan fingerprint density at radius 3 is 2.72 bits per heavy atom. The molecule has 1 atom stereocenters. The summed E-state index contributed by atoms with van der Waals surface area (Å²) in [5.41, 5.74) is 3.57. The third-order valence-corrected chi connectivity index (χ3v) is 6.30. The lowest BCUT2D eigenvalue weighted by Gasteiger charge is -2.22. The molecule has 9 heteroatoms. The van der Waals surface area contributed by atoms with Gasteiger partial charge in [-0.05, 0) is 31.5 Å². The Hall–Kier alpha value is -3.72. The topological polar surface area (TPSA) is 96.1 Å². The van der Waals surface area contributed by atoms with E-state index in [9.17, 15) is 4.79 Å². The van der Waals surface area contributed by atoms with Crippen LogP contribution >= 0.6 is 0 Å². The molecule has 36 heavy (non-hydrogen) atoms. The van der Waals surface area contributed by atoms with E-state index in [1.165, 1.54) is 0 Å². The van der Waals surface area contributed by atoms with Crippen LogP contribution in [0.2, 0.25) is 0 Å². The second-order valence-corrected chi connectivity index (χ2v) is 10.4. The Kier molecular flexibility index (Phi) is 6.26. The van der Waals surface area contributed by atoms with Gasteiger partial charge in [-0.2, -0.15) is 5.10 Å². The second kappa shape index (κ2) is 9.39. The fraction of sp³-hybridized carbons (Fsp3) is 0.407. The smallest absolute Gasteiger partial charge is 0.209 e. The summed E-state index contributed by atoms with van der Waals surface area (Å²) in [5, 5.41) is 8.30. The van der Waals surface area contributed by atoms with E-state index in [0.717, 1.165) is 35.6 Å². The second-order valence-electron chi connectivity index (χ2n) is 10.4. The first kappa shape index (κ1) is 24.0. The van der Waals surface area contributed by atoms with Crippen molar-refractivity contribution in [1.82, 2.24) is 24.3 Å². The van der Waals surface area contributed by atoms with Gasteiger partial charge >= 0.3 is 0 Å². The van der Waals surface area contributed by atoms with E-state index in [-0.39, 0.29) is 23.7 Å². The number of anilines is 2. The Balaban J connectivity index is 1.40. The van der Waals surface area contributed by atoms with Crippen molar-refractivity contribution in [2.24, 2.45) is 7.05 Å². The number of nitrogens with zero attached hydrogens (tertiary/aromatic N) is 5. The molecule has 4 heterocycles. The van der Waals surface area contributed by atoms with Crippen molar-refractivity contribution in [1.29, 1.82) is 0 Å². The molecule has 0 radical (unpaired) electrons. The van der Waals surface area contributed by atoms with Crippen molar-refractivity contribution in [3.8, 4) is 11.5 Å². The summed E-state index contributed by atoms with van der Waals surface area (Å²) in [7, 11) is 1.96. The molecule has 0 amide bonds. The molecule has 9 nitrogen and oxygen atoms in total. The van der Waals surface area contributed by atoms with Gasteiger partial charge in [0, 0.05) is 55.6 Å². The number of hydrogen-bond acceptors (Lipinski definition) is 7. The minimum absolute atomic E-state index is 0.0502.